The van der Waals surface area contributed by atoms with Crippen molar-refractivity contribution < 1.29 is 14.3 Å². The van der Waals surface area contributed by atoms with E-state index in [-0.39, 0.29) is 17.9 Å². The number of amides is 1. The number of benzene rings is 2. The first-order valence-corrected chi connectivity index (χ1v) is 11.2. The van der Waals surface area contributed by atoms with Crippen LogP contribution in [0.1, 0.15) is 29.3 Å². The molecule has 1 fully saturated rings. The summed E-state index contributed by atoms with van der Waals surface area (Å²) in [6.07, 6.45) is 0. The molecule has 3 aromatic rings. The van der Waals surface area contributed by atoms with Gasteiger partial charge in [-0.25, -0.2) is 0 Å². The first-order valence-electron chi connectivity index (χ1n) is 10.4. The molecule has 5 nitrogen and oxygen atoms in total. The quantitative estimate of drug-likeness (QED) is 0.618. The van der Waals surface area contributed by atoms with Gasteiger partial charge in [0.1, 0.15) is 5.75 Å². The summed E-state index contributed by atoms with van der Waals surface area (Å²) in [5.74, 6) is 0.673. The SMILES string of the molecule is COc1ccc2cc([C@H](C)C(=O)NC[C@H](c3cccs3)N3CCOCC3)ccc2c1. The third-order valence-corrected chi connectivity index (χ3v) is 6.77. The van der Waals surface area contributed by atoms with Gasteiger partial charge in [-0.2, -0.15) is 0 Å². The molecule has 2 aromatic carbocycles. The Morgan fingerprint density at radius 3 is 2.67 bits per heavy atom. The van der Waals surface area contributed by atoms with Crippen LogP contribution in [0.15, 0.2) is 53.9 Å². The zero-order chi connectivity index (χ0) is 20.9. The Morgan fingerprint density at radius 2 is 1.93 bits per heavy atom. The average molecular weight is 425 g/mol. The number of nitrogens with one attached hydrogen (secondary N) is 1. The lowest BCUT2D eigenvalue weighted by atomic mass is 9.97. The second-order valence-electron chi connectivity index (χ2n) is 7.62. The van der Waals surface area contributed by atoms with Gasteiger partial charge in [0, 0.05) is 24.5 Å². The van der Waals surface area contributed by atoms with Crippen molar-refractivity contribution in [1.29, 1.82) is 0 Å². The van der Waals surface area contributed by atoms with Crippen molar-refractivity contribution in [3.8, 4) is 5.75 Å². The molecule has 0 radical (unpaired) electrons. The molecule has 0 aliphatic carbocycles. The van der Waals surface area contributed by atoms with Crippen LogP contribution in [0.5, 0.6) is 5.75 Å². The van der Waals surface area contributed by atoms with E-state index in [0.717, 1.165) is 48.4 Å². The van der Waals surface area contributed by atoms with Gasteiger partial charge in [-0.1, -0.05) is 30.3 Å². The Kier molecular flexibility index (Phi) is 6.67. The van der Waals surface area contributed by atoms with Crippen molar-refractivity contribution in [2.45, 2.75) is 18.9 Å². The van der Waals surface area contributed by atoms with Gasteiger partial charge in [-0.3, -0.25) is 9.69 Å². The van der Waals surface area contributed by atoms with E-state index in [2.05, 4.69) is 39.9 Å². The highest BCUT2D eigenvalue weighted by atomic mass is 32.1. The van der Waals surface area contributed by atoms with Crippen LogP contribution >= 0.6 is 11.3 Å². The lowest BCUT2D eigenvalue weighted by Gasteiger charge is -2.34. The highest BCUT2D eigenvalue weighted by Gasteiger charge is 2.25. The Balaban J connectivity index is 1.45. The van der Waals surface area contributed by atoms with Gasteiger partial charge in [-0.15, -0.1) is 11.3 Å². The number of carbonyl (C=O) groups is 1. The van der Waals surface area contributed by atoms with Crippen LogP contribution in [0, 0.1) is 0 Å². The number of rotatable bonds is 7. The molecular formula is C24H28N2O3S. The van der Waals surface area contributed by atoms with Crippen LogP contribution in [-0.2, 0) is 9.53 Å². The minimum Gasteiger partial charge on any atom is -0.497 e. The summed E-state index contributed by atoms with van der Waals surface area (Å²) >= 11 is 1.74. The van der Waals surface area contributed by atoms with E-state index in [1.165, 1.54) is 4.88 Å². The Hall–Kier alpha value is -2.41. The molecule has 1 aliphatic heterocycles. The molecular weight excluding hydrogens is 396 g/mol. The topological polar surface area (TPSA) is 50.8 Å². The second kappa shape index (κ2) is 9.60. The lowest BCUT2D eigenvalue weighted by molar-refractivity contribution is -0.122. The van der Waals surface area contributed by atoms with Crippen molar-refractivity contribution in [3.05, 3.63) is 64.4 Å². The number of morpholine rings is 1. The molecule has 2 atom stereocenters. The predicted octanol–water partition coefficient (Wildman–Crippen LogP) is 4.20. The van der Waals surface area contributed by atoms with Gasteiger partial charge in [0.2, 0.25) is 5.91 Å². The number of methoxy groups -OCH3 is 1. The van der Waals surface area contributed by atoms with Gasteiger partial charge in [-0.05, 0) is 46.8 Å². The maximum Gasteiger partial charge on any atom is 0.227 e. The second-order valence-corrected chi connectivity index (χ2v) is 8.60. The number of carbonyl (C=O) groups excluding carboxylic acids is 1. The number of thiophene rings is 1. The number of fused-ring (bicyclic) bond motifs is 1. The minimum atomic E-state index is -0.217. The maximum atomic E-state index is 13.0. The standard InChI is InChI=1S/C24H28N2O3S/c1-17(18-5-6-20-15-21(28-2)8-7-19(20)14-18)24(27)25-16-22(23-4-3-13-30-23)26-9-11-29-12-10-26/h3-8,13-15,17,22H,9-12,16H2,1-2H3,(H,25,27)/t17-,22+/m0/s1. The number of ether oxygens (including phenoxy) is 2. The first-order chi connectivity index (χ1) is 14.7. The van der Waals surface area contributed by atoms with E-state index in [1.54, 1.807) is 18.4 Å². The molecule has 0 saturated carbocycles. The third-order valence-electron chi connectivity index (χ3n) is 5.79. The first kappa shape index (κ1) is 20.8. The molecule has 0 spiro atoms. The molecule has 2 heterocycles. The molecule has 1 N–H and O–H groups in total. The van der Waals surface area contributed by atoms with Gasteiger partial charge >= 0.3 is 0 Å². The van der Waals surface area contributed by atoms with Crippen LogP contribution in [0.3, 0.4) is 0 Å². The lowest BCUT2D eigenvalue weighted by Crippen LogP contribution is -2.44. The smallest absolute Gasteiger partial charge is 0.227 e. The summed E-state index contributed by atoms with van der Waals surface area (Å²) < 4.78 is 10.8. The van der Waals surface area contributed by atoms with E-state index >= 15 is 0 Å². The maximum absolute atomic E-state index is 13.0. The molecule has 1 saturated heterocycles. The molecule has 0 bridgehead atoms. The third kappa shape index (κ3) is 4.67. The van der Waals surface area contributed by atoms with E-state index in [4.69, 9.17) is 9.47 Å². The molecule has 6 heteroatoms. The fraction of sp³-hybridized carbons (Fsp3) is 0.375. The van der Waals surface area contributed by atoms with Gasteiger partial charge < -0.3 is 14.8 Å². The number of nitrogens with zero attached hydrogens (tertiary/aromatic N) is 1. The summed E-state index contributed by atoms with van der Waals surface area (Å²) in [6, 6.07) is 16.6. The van der Waals surface area contributed by atoms with Crippen molar-refractivity contribution in [3.63, 3.8) is 0 Å². The molecule has 30 heavy (non-hydrogen) atoms. The fourth-order valence-corrected chi connectivity index (χ4v) is 4.78. The summed E-state index contributed by atoms with van der Waals surface area (Å²) in [7, 11) is 1.67. The Labute approximate surface area is 181 Å². The highest BCUT2D eigenvalue weighted by Crippen LogP contribution is 2.27. The largest absolute Gasteiger partial charge is 0.497 e. The van der Waals surface area contributed by atoms with Gasteiger partial charge in [0.05, 0.1) is 32.3 Å². The summed E-state index contributed by atoms with van der Waals surface area (Å²) in [5, 5.41) is 7.51. The highest BCUT2D eigenvalue weighted by molar-refractivity contribution is 7.10. The minimum absolute atomic E-state index is 0.0534. The summed E-state index contributed by atoms with van der Waals surface area (Å²) in [4.78, 5) is 16.7. The Bertz CT molecular complexity index is 983. The predicted molar refractivity (Wildman–Crippen MR) is 121 cm³/mol. The normalized spacial score (nSPS) is 16.9. The van der Waals surface area contributed by atoms with Crippen molar-refractivity contribution in [2.75, 3.05) is 40.0 Å². The molecule has 4 rings (SSSR count). The summed E-state index contributed by atoms with van der Waals surface area (Å²) in [6.45, 7) is 5.84. The zero-order valence-electron chi connectivity index (χ0n) is 17.5. The van der Waals surface area contributed by atoms with E-state index < -0.39 is 0 Å². The van der Waals surface area contributed by atoms with E-state index in [0.29, 0.717) is 6.54 Å². The number of hydrogen-bond acceptors (Lipinski definition) is 5. The van der Waals surface area contributed by atoms with Crippen LogP contribution in [0.2, 0.25) is 0 Å². The molecule has 0 unspecified atom stereocenters. The molecule has 158 valence electrons. The average Bonchev–Trinajstić information content (AvgIpc) is 3.33. The monoisotopic (exact) mass is 424 g/mol. The Morgan fingerprint density at radius 1 is 1.17 bits per heavy atom. The zero-order valence-corrected chi connectivity index (χ0v) is 18.3. The van der Waals surface area contributed by atoms with Crippen molar-refractivity contribution >= 4 is 28.0 Å². The van der Waals surface area contributed by atoms with Crippen LogP contribution in [-0.4, -0.2) is 50.8 Å². The van der Waals surface area contributed by atoms with Crippen molar-refractivity contribution in [1.82, 2.24) is 10.2 Å². The van der Waals surface area contributed by atoms with E-state index in [9.17, 15) is 4.79 Å². The van der Waals surface area contributed by atoms with Crippen LogP contribution in [0.4, 0.5) is 0 Å². The van der Waals surface area contributed by atoms with Crippen LogP contribution in [0.25, 0.3) is 10.8 Å². The molecule has 1 amide bonds. The summed E-state index contributed by atoms with van der Waals surface area (Å²) in [5.41, 5.74) is 1.02. The van der Waals surface area contributed by atoms with Crippen LogP contribution < -0.4 is 10.1 Å². The fourth-order valence-electron chi connectivity index (χ4n) is 3.92. The van der Waals surface area contributed by atoms with Gasteiger partial charge in [0.25, 0.3) is 0 Å². The van der Waals surface area contributed by atoms with Crippen molar-refractivity contribution in [2.24, 2.45) is 0 Å². The molecule has 1 aliphatic rings. The van der Waals surface area contributed by atoms with Gasteiger partial charge in [0.15, 0.2) is 0 Å². The molecule has 1 aromatic heterocycles. The number of hydrogen-bond donors (Lipinski definition) is 1. The van der Waals surface area contributed by atoms with E-state index in [1.807, 2.05) is 31.2 Å².